The Morgan fingerprint density at radius 3 is 1.49 bits per heavy atom. The van der Waals surface area contributed by atoms with Gasteiger partial charge in [0.2, 0.25) is 13.5 Å². The van der Waals surface area contributed by atoms with Crippen molar-refractivity contribution in [1.29, 1.82) is 0 Å². The Balaban J connectivity index is 0.000000192. The Bertz CT molecular complexity index is 3150. The van der Waals surface area contributed by atoms with Crippen molar-refractivity contribution in [3.05, 3.63) is 119 Å². The SMILES string of the molecule is CC.CC.[2H]C1([2H])Oc2ccc(C3(C(=O)Cc4ccc5c(c4)cc(C(C)(C)C)n5C[C@@H](O)CO)CC3)cc2O1.[2H]C1([2H])Oc2ccc(C3(C(=O)Cc4ccc5c(c4)cc(C(C)(C)C)n5C[C@@H]4COC(C)(C)O4)CC3)cc2O1. The van der Waals surface area contributed by atoms with Crippen LogP contribution in [0.4, 0.5) is 0 Å². The number of carbonyl (C=O) groups excluding carboxylic acids is 2. The standard InChI is InChI=1S/C30H35NO5.C27H31NO5.2C2H6/c1-28(2,3)26-14-20-12-19(6-8-23(20)31(26)16-22-17-35-29(4,5)36-22)13-27(32)30(10-11-30)21-7-9-24-25(15-21)34-18-33-24;1-26(2,3)24-12-18-10-17(4-6-21(18)28(24)14-20(30)15-29)11-25(31)27(8-9-27)19-5-7-22-23(13-19)33-16-32-22;2*1-2/h6-9,12,14-15,22H,10-11,13,16-18H2,1-5H3;4-7,10,12-13,20,29-30H,8-9,11,14-16H2,1-3H3;2*1-2H3/t22-;20-;;/m11../s1/i18D2;16D2;;. The van der Waals surface area contributed by atoms with E-state index >= 15 is 0 Å². The quantitative estimate of drug-likeness (QED) is 0.115. The highest BCUT2D eigenvalue weighted by Gasteiger charge is 2.52. The Morgan fingerprint density at radius 1 is 0.644 bits per heavy atom. The molecule has 0 unspecified atom stereocenters. The molecule has 0 radical (unpaired) electrons. The first-order valence-corrected chi connectivity index (χ1v) is 26.1. The second kappa shape index (κ2) is 20.9. The Hall–Kier alpha value is -5.66. The van der Waals surface area contributed by atoms with Gasteiger partial charge in [0.05, 0.1) is 43.2 Å². The molecule has 2 aromatic heterocycles. The second-order valence-electron chi connectivity index (χ2n) is 22.1. The molecule has 12 heteroatoms. The molecular formula is C61H78N2O10. The summed E-state index contributed by atoms with van der Waals surface area (Å²) >= 11 is 0. The van der Waals surface area contributed by atoms with Crippen LogP contribution in [0.25, 0.3) is 21.8 Å². The van der Waals surface area contributed by atoms with Crippen molar-refractivity contribution in [2.24, 2.45) is 0 Å². The summed E-state index contributed by atoms with van der Waals surface area (Å²) in [7, 11) is 0. The van der Waals surface area contributed by atoms with Crippen molar-refractivity contribution >= 4 is 33.4 Å². The average Bonchev–Trinajstić information content (AvgIpc) is 4.24. The van der Waals surface area contributed by atoms with E-state index in [9.17, 15) is 19.8 Å². The number of ether oxygens (including phenoxy) is 6. The van der Waals surface area contributed by atoms with E-state index in [-0.39, 0.29) is 35.1 Å². The van der Waals surface area contributed by atoms with Crippen LogP contribution >= 0.6 is 0 Å². The lowest BCUT2D eigenvalue weighted by atomic mass is 9.87. The summed E-state index contributed by atoms with van der Waals surface area (Å²) in [5.41, 5.74) is 6.66. The number of carbonyl (C=O) groups is 2. The van der Waals surface area contributed by atoms with Gasteiger partial charge in [-0.1, -0.05) is 93.5 Å². The molecule has 12 nitrogen and oxygen atoms in total. The molecule has 2 N–H and O–H groups in total. The van der Waals surface area contributed by atoms with Gasteiger partial charge < -0.3 is 47.8 Å². The van der Waals surface area contributed by atoms with Gasteiger partial charge in [0, 0.05) is 56.9 Å². The molecule has 73 heavy (non-hydrogen) atoms. The van der Waals surface area contributed by atoms with Gasteiger partial charge in [0.15, 0.2) is 28.8 Å². The topological polar surface area (TPSA) is 140 Å². The number of ketones is 2. The highest BCUT2D eigenvalue weighted by Crippen LogP contribution is 2.53. The zero-order chi connectivity index (χ0) is 56.3. The summed E-state index contributed by atoms with van der Waals surface area (Å²) in [4.78, 5) is 27.1. The number of nitrogens with zero attached hydrogens (tertiary/aromatic N) is 2. The van der Waals surface area contributed by atoms with Gasteiger partial charge in [-0.3, -0.25) is 9.59 Å². The predicted molar refractivity (Wildman–Crippen MR) is 286 cm³/mol. The van der Waals surface area contributed by atoms with E-state index in [0.29, 0.717) is 55.5 Å². The minimum absolute atomic E-state index is 0.0188. The van der Waals surface area contributed by atoms with Crippen LogP contribution < -0.4 is 18.9 Å². The Labute approximate surface area is 437 Å². The first kappa shape index (κ1) is 48.3. The van der Waals surface area contributed by atoms with E-state index in [2.05, 4.69) is 81.0 Å². The number of Topliss-reactive ketones (excluding diaryl/α,β-unsaturated/α-hetero) is 2. The maximum atomic E-state index is 13.6. The number of hydrogen-bond donors (Lipinski definition) is 2. The van der Waals surface area contributed by atoms with Crippen molar-refractivity contribution in [3.63, 3.8) is 0 Å². The highest BCUT2D eigenvalue weighted by molar-refractivity contribution is 5.96. The van der Waals surface area contributed by atoms with E-state index in [1.807, 2.05) is 71.9 Å². The van der Waals surface area contributed by atoms with Crippen LogP contribution in [0.3, 0.4) is 0 Å². The monoisotopic (exact) mass is 1000 g/mol. The molecule has 5 aliphatic rings. The predicted octanol–water partition coefficient (Wildman–Crippen LogP) is 11.6. The Morgan fingerprint density at radius 2 is 1.08 bits per heavy atom. The lowest BCUT2D eigenvalue weighted by Gasteiger charge is -2.24. The minimum Gasteiger partial charge on any atom is -0.454 e. The summed E-state index contributed by atoms with van der Waals surface area (Å²) in [6, 6.07) is 27.2. The summed E-state index contributed by atoms with van der Waals surface area (Å²) in [6.07, 6.45) is 2.84. The van der Waals surface area contributed by atoms with Crippen molar-refractivity contribution in [3.8, 4) is 23.0 Å². The van der Waals surface area contributed by atoms with Gasteiger partial charge in [0.25, 0.3) is 0 Å². The number of benzene rings is 4. The summed E-state index contributed by atoms with van der Waals surface area (Å²) in [6.45, 7) is 21.8. The molecule has 3 aliphatic heterocycles. The number of aliphatic hydroxyl groups is 2. The molecule has 0 amide bonds. The van der Waals surface area contributed by atoms with Gasteiger partial charge in [0.1, 0.15) is 23.2 Å². The molecule has 1 saturated heterocycles. The minimum atomic E-state index is -2.19. The first-order chi connectivity index (χ1) is 36.2. The molecule has 2 saturated carbocycles. The number of hydrogen-bond acceptors (Lipinski definition) is 10. The van der Waals surface area contributed by atoms with Gasteiger partial charge in [-0.05, 0) is 122 Å². The molecule has 2 atom stereocenters. The van der Waals surface area contributed by atoms with Gasteiger partial charge in [-0.15, -0.1) is 0 Å². The molecule has 5 heterocycles. The van der Waals surface area contributed by atoms with Crippen LogP contribution in [0.5, 0.6) is 23.0 Å². The zero-order valence-electron chi connectivity index (χ0n) is 48.9. The van der Waals surface area contributed by atoms with Gasteiger partial charge >= 0.3 is 0 Å². The van der Waals surface area contributed by atoms with Crippen LogP contribution in [0, 0.1) is 0 Å². The molecule has 0 bridgehead atoms. The summed E-state index contributed by atoms with van der Waals surface area (Å²) < 4.78 is 67.8. The lowest BCUT2D eigenvalue weighted by molar-refractivity contribution is -0.139. The molecular weight excluding hydrogens is 921 g/mol. The fourth-order valence-corrected chi connectivity index (χ4v) is 10.4. The summed E-state index contributed by atoms with van der Waals surface area (Å²) in [5.74, 6) is 1.13. The zero-order valence-corrected chi connectivity index (χ0v) is 44.9. The maximum absolute atomic E-state index is 13.6. The molecule has 2 aliphatic carbocycles. The maximum Gasteiger partial charge on any atom is 0.231 e. The van der Waals surface area contributed by atoms with Crippen molar-refractivity contribution < 1.29 is 53.7 Å². The smallest absolute Gasteiger partial charge is 0.231 e. The number of fused-ring (bicyclic) bond motifs is 4. The third kappa shape index (κ3) is 11.1. The van der Waals surface area contributed by atoms with Crippen LogP contribution in [0.15, 0.2) is 84.9 Å². The van der Waals surface area contributed by atoms with Gasteiger partial charge in [-0.25, -0.2) is 0 Å². The van der Waals surface area contributed by atoms with E-state index in [4.69, 9.17) is 33.9 Å². The second-order valence-corrected chi connectivity index (χ2v) is 22.1. The van der Waals surface area contributed by atoms with E-state index < -0.39 is 36.2 Å². The molecule has 0 spiro atoms. The fourth-order valence-electron chi connectivity index (χ4n) is 10.4. The van der Waals surface area contributed by atoms with E-state index in [1.54, 1.807) is 24.3 Å². The van der Waals surface area contributed by atoms with Gasteiger partial charge in [-0.2, -0.15) is 0 Å². The lowest BCUT2D eigenvalue weighted by Crippen LogP contribution is -2.26. The number of aliphatic hydroxyl groups excluding tert-OH is 2. The highest BCUT2D eigenvalue weighted by atomic mass is 16.7. The molecule has 6 aromatic rings. The largest absolute Gasteiger partial charge is 0.454 e. The van der Waals surface area contributed by atoms with E-state index in [1.165, 1.54) is 5.69 Å². The normalized spacial score (nSPS) is 20.9. The van der Waals surface area contributed by atoms with Crippen molar-refractivity contribution in [2.75, 3.05) is 26.7 Å². The number of aromatic nitrogens is 2. The van der Waals surface area contributed by atoms with E-state index in [0.717, 1.165) is 75.4 Å². The Kier molecular flexibility index (Phi) is 13.8. The number of rotatable bonds is 13. The molecule has 392 valence electrons. The average molecular weight is 1000 g/mol. The molecule has 3 fully saturated rings. The fraction of sp³-hybridized carbons (Fsp3) is 0.508. The van der Waals surface area contributed by atoms with Crippen LogP contribution in [0.2, 0.25) is 0 Å². The van der Waals surface area contributed by atoms with Crippen LogP contribution in [0.1, 0.15) is 148 Å². The van der Waals surface area contributed by atoms with Crippen LogP contribution in [-0.4, -0.2) is 75.6 Å². The first-order valence-electron chi connectivity index (χ1n) is 28.1. The van der Waals surface area contributed by atoms with Crippen molar-refractivity contribution in [2.45, 2.75) is 174 Å². The third-order valence-electron chi connectivity index (χ3n) is 14.4. The van der Waals surface area contributed by atoms with Crippen molar-refractivity contribution in [1.82, 2.24) is 9.13 Å². The molecule has 11 rings (SSSR count). The summed E-state index contributed by atoms with van der Waals surface area (Å²) in [5, 5.41) is 21.6. The molecule has 4 aromatic carbocycles. The van der Waals surface area contributed by atoms with Crippen LogP contribution in [-0.2, 0) is 66.7 Å². The third-order valence-corrected chi connectivity index (χ3v) is 14.4.